The van der Waals surface area contributed by atoms with E-state index in [1.165, 1.54) is 0 Å². The number of amides is 2. The molecule has 2 rings (SSSR count). The summed E-state index contributed by atoms with van der Waals surface area (Å²) in [6.45, 7) is 8.22. The number of rotatable bonds is 6. The van der Waals surface area contributed by atoms with E-state index in [0.29, 0.717) is 5.56 Å². The molecule has 2 aromatic rings. The Kier molecular flexibility index (Phi) is 6.52. The Morgan fingerprint density at radius 3 is 2.19 bits per heavy atom. The standard InChI is InChI=1S/C21H26N2O3/c1-15(19(24)23-26-14-16-8-6-5-7-9-16)22-20(25)17-10-12-18(13-11-17)21(2,3)4/h5-13,15H,14H2,1-4H3,(H,22,25)(H,23,24). The van der Waals surface area contributed by atoms with E-state index in [-0.39, 0.29) is 17.9 Å². The van der Waals surface area contributed by atoms with E-state index in [4.69, 9.17) is 4.84 Å². The van der Waals surface area contributed by atoms with Crippen LogP contribution in [0.1, 0.15) is 49.2 Å². The number of hydroxylamine groups is 1. The molecular weight excluding hydrogens is 328 g/mol. The van der Waals surface area contributed by atoms with Gasteiger partial charge in [0.2, 0.25) is 0 Å². The molecule has 0 radical (unpaired) electrons. The molecule has 0 saturated carbocycles. The first-order chi connectivity index (χ1) is 12.3. The smallest absolute Gasteiger partial charge is 0.265 e. The predicted molar refractivity (Wildman–Crippen MR) is 101 cm³/mol. The molecule has 5 nitrogen and oxygen atoms in total. The SMILES string of the molecule is CC(NC(=O)c1ccc(C(C)(C)C)cc1)C(=O)NOCc1ccccc1. The van der Waals surface area contributed by atoms with Gasteiger partial charge in [-0.05, 0) is 35.6 Å². The highest BCUT2D eigenvalue weighted by molar-refractivity contribution is 5.97. The quantitative estimate of drug-likeness (QED) is 0.782. The second kappa shape index (κ2) is 8.63. The van der Waals surface area contributed by atoms with E-state index in [1.54, 1.807) is 19.1 Å². The lowest BCUT2D eigenvalue weighted by molar-refractivity contribution is -0.136. The molecule has 138 valence electrons. The second-order valence-corrected chi connectivity index (χ2v) is 7.26. The summed E-state index contributed by atoms with van der Waals surface area (Å²) in [7, 11) is 0. The third-order valence-corrected chi connectivity index (χ3v) is 4.01. The van der Waals surface area contributed by atoms with Gasteiger partial charge in [-0.2, -0.15) is 0 Å². The van der Waals surface area contributed by atoms with Crippen molar-refractivity contribution < 1.29 is 14.4 Å². The van der Waals surface area contributed by atoms with Crippen LogP contribution in [-0.2, 0) is 21.7 Å². The minimum Gasteiger partial charge on any atom is -0.340 e. The van der Waals surface area contributed by atoms with Gasteiger partial charge in [0.15, 0.2) is 0 Å². The normalized spacial score (nSPS) is 12.3. The lowest BCUT2D eigenvalue weighted by Crippen LogP contribution is -2.44. The fourth-order valence-electron chi connectivity index (χ4n) is 2.32. The number of hydrogen-bond acceptors (Lipinski definition) is 3. The van der Waals surface area contributed by atoms with Crippen molar-refractivity contribution >= 4 is 11.8 Å². The summed E-state index contributed by atoms with van der Waals surface area (Å²) in [5.74, 6) is -0.697. The second-order valence-electron chi connectivity index (χ2n) is 7.26. The highest BCUT2D eigenvalue weighted by Gasteiger charge is 2.18. The third kappa shape index (κ3) is 5.70. The number of nitrogens with one attached hydrogen (secondary N) is 2. The van der Waals surface area contributed by atoms with Crippen molar-refractivity contribution in [2.75, 3.05) is 0 Å². The number of hydrogen-bond donors (Lipinski definition) is 2. The third-order valence-electron chi connectivity index (χ3n) is 4.01. The largest absolute Gasteiger partial charge is 0.340 e. The summed E-state index contributed by atoms with van der Waals surface area (Å²) in [6.07, 6.45) is 0. The zero-order valence-electron chi connectivity index (χ0n) is 15.7. The molecule has 2 N–H and O–H groups in total. The van der Waals surface area contributed by atoms with E-state index >= 15 is 0 Å². The Labute approximate surface area is 154 Å². The van der Waals surface area contributed by atoms with Gasteiger partial charge in [-0.15, -0.1) is 0 Å². The number of benzene rings is 2. The lowest BCUT2D eigenvalue weighted by atomic mass is 9.86. The topological polar surface area (TPSA) is 67.4 Å². The Hall–Kier alpha value is -2.66. The van der Waals surface area contributed by atoms with Crippen LogP contribution >= 0.6 is 0 Å². The van der Waals surface area contributed by atoms with Crippen LogP contribution in [0.2, 0.25) is 0 Å². The fourth-order valence-corrected chi connectivity index (χ4v) is 2.32. The maximum absolute atomic E-state index is 12.3. The van der Waals surface area contributed by atoms with E-state index in [0.717, 1.165) is 11.1 Å². The van der Waals surface area contributed by atoms with E-state index in [9.17, 15) is 9.59 Å². The van der Waals surface area contributed by atoms with Crippen molar-refractivity contribution in [1.82, 2.24) is 10.8 Å². The van der Waals surface area contributed by atoms with Crippen LogP contribution in [0.3, 0.4) is 0 Å². The van der Waals surface area contributed by atoms with E-state index < -0.39 is 11.9 Å². The van der Waals surface area contributed by atoms with Crippen LogP contribution in [0.4, 0.5) is 0 Å². The molecule has 2 amide bonds. The van der Waals surface area contributed by atoms with Crippen LogP contribution in [-0.4, -0.2) is 17.9 Å². The predicted octanol–water partition coefficient (Wildman–Crippen LogP) is 3.35. The van der Waals surface area contributed by atoms with Gasteiger partial charge in [0.1, 0.15) is 6.04 Å². The summed E-state index contributed by atoms with van der Waals surface area (Å²) < 4.78 is 0. The van der Waals surface area contributed by atoms with Crippen LogP contribution in [0.25, 0.3) is 0 Å². The van der Waals surface area contributed by atoms with Gasteiger partial charge in [0.05, 0.1) is 6.61 Å². The average molecular weight is 354 g/mol. The molecule has 1 atom stereocenters. The van der Waals surface area contributed by atoms with Crippen LogP contribution in [0.5, 0.6) is 0 Å². The van der Waals surface area contributed by atoms with Crippen molar-refractivity contribution in [1.29, 1.82) is 0 Å². The highest BCUT2D eigenvalue weighted by atomic mass is 16.6. The van der Waals surface area contributed by atoms with Crippen molar-refractivity contribution in [3.63, 3.8) is 0 Å². The fraction of sp³-hybridized carbons (Fsp3) is 0.333. The maximum Gasteiger partial charge on any atom is 0.265 e. The molecule has 0 fully saturated rings. The monoisotopic (exact) mass is 354 g/mol. The average Bonchev–Trinajstić information content (AvgIpc) is 2.61. The number of carbonyl (C=O) groups is 2. The zero-order chi connectivity index (χ0) is 19.2. The van der Waals surface area contributed by atoms with Crippen LogP contribution in [0, 0.1) is 0 Å². The summed E-state index contributed by atoms with van der Waals surface area (Å²) in [5, 5.41) is 2.67. The van der Waals surface area contributed by atoms with Gasteiger partial charge >= 0.3 is 0 Å². The van der Waals surface area contributed by atoms with E-state index in [2.05, 4.69) is 31.6 Å². The van der Waals surface area contributed by atoms with Gasteiger partial charge < -0.3 is 5.32 Å². The van der Waals surface area contributed by atoms with E-state index in [1.807, 2.05) is 42.5 Å². The Morgan fingerprint density at radius 2 is 1.62 bits per heavy atom. The first-order valence-corrected chi connectivity index (χ1v) is 8.64. The molecule has 0 aromatic heterocycles. The van der Waals surface area contributed by atoms with Crippen molar-refractivity contribution in [2.24, 2.45) is 0 Å². The summed E-state index contributed by atoms with van der Waals surface area (Å²) >= 11 is 0. The van der Waals surface area contributed by atoms with Crippen molar-refractivity contribution in [3.05, 3.63) is 71.3 Å². The minimum atomic E-state index is -0.708. The van der Waals surface area contributed by atoms with Crippen LogP contribution in [0.15, 0.2) is 54.6 Å². The van der Waals surface area contributed by atoms with Gasteiger partial charge in [0.25, 0.3) is 11.8 Å². The number of carbonyl (C=O) groups excluding carboxylic acids is 2. The molecule has 2 aromatic carbocycles. The minimum absolute atomic E-state index is 0.0261. The molecule has 0 aliphatic carbocycles. The summed E-state index contributed by atoms with van der Waals surface area (Å²) in [5.41, 5.74) is 5.00. The van der Waals surface area contributed by atoms with Crippen molar-refractivity contribution in [2.45, 2.75) is 45.8 Å². The summed E-state index contributed by atoms with van der Waals surface area (Å²) in [4.78, 5) is 29.5. The first kappa shape index (κ1) is 19.7. The maximum atomic E-state index is 12.3. The Morgan fingerprint density at radius 1 is 1.00 bits per heavy atom. The van der Waals surface area contributed by atoms with Gasteiger partial charge in [-0.3, -0.25) is 14.4 Å². The molecule has 0 spiro atoms. The van der Waals surface area contributed by atoms with Crippen LogP contribution < -0.4 is 10.8 Å². The molecular formula is C21H26N2O3. The Balaban J connectivity index is 1.83. The molecule has 5 heteroatoms. The molecule has 0 bridgehead atoms. The molecule has 0 saturated heterocycles. The molecule has 1 unspecified atom stereocenters. The zero-order valence-corrected chi connectivity index (χ0v) is 15.7. The molecule has 26 heavy (non-hydrogen) atoms. The summed E-state index contributed by atoms with van der Waals surface area (Å²) in [6, 6.07) is 16.2. The molecule has 0 aliphatic heterocycles. The lowest BCUT2D eigenvalue weighted by Gasteiger charge is -2.19. The van der Waals surface area contributed by atoms with Crippen molar-refractivity contribution in [3.8, 4) is 0 Å². The van der Waals surface area contributed by atoms with Gasteiger partial charge in [-0.1, -0.05) is 63.2 Å². The van der Waals surface area contributed by atoms with Gasteiger partial charge in [-0.25, -0.2) is 5.48 Å². The highest BCUT2D eigenvalue weighted by Crippen LogP contribution is 2.22. The molecule has 0 heterocycles. The Bertz CT molecular complexity index is 734. The molecule has 0 aliphatic rings. The first-order valence-electron chi connectivity index (χ1n) is 8.64. The van der Waals surface area contributed by atoms with Gasteiger partial charge in [0, 0.05) is 5.56 Å².